The number of aromatic nitrogens is 2. The molecule has 3 aliphatic heterocycles. The first-order chi connectivity index (χ1) is 17.0. The first-order valence-corrected chi connectivity index (χ1v) is 12.5. The summed E-state index contributed by atoms with van der Waals surface area (Å²) in [6, 6.07) is 20.3. The fraction of sp³-hybridized carbons (Fsp3) is 0.370. The molecule has 4 heterocycles. The number of hydrogen-bond acceptors (Lipinski definition) is 5. The van der Waals surface area contributed by atoms with Crippen molar-refractivity contribution in [1.82, 2.24) is 20.0 Å². The topological polar surface area (TPSA) is 71.4 Å². The van der Waals surface area contributed by atoms with Crippen LogP contribution in [0, 0.1) is 5.92 Å². The largest absolute Gasteiger partial charge is 0.465 e. The van der Waals surface area contributed by atoms with Crippen LogP contribution in [0.5, 0.6) is 0 Å². The summed E-state index contributed by atoms with van der Waals surface area (Å²) in [5.74, 6) is 0.780. The molecule has 35 heavy (non-hydrogen) atoms. The van der Waals surface area contributed by atoms with Crippen molar-refractivity contribution < 1.29 is 9.53 Å². The molecule has 3 saturated heterocycles. The SMILES string of the molecule is COC(=O)c1cccc(NC(=S)NC[C@H]2C[C@@H]3CCN2C[C@H]3c2cc(-c3ccccc3)nn2C)c1. The average Bonchev–Trinajstić information content (AvgIpc) is 3.29. The number of nitrogens with one attached hydrogen (secondary N) is 2. The van der Waals surface area contributed by atoms with Crippen molar-refractivity contribution in [1.29, 1.82) is 0 Å². The number of rotatable bonds is 6. The fourth-order valence-corrected chi connectivity index (χ4v) is 5.69. The van der Waals surface area contributed by atoms with Gasteiger partial charge in [0, 0.05) is 49.0 Å². The number of ether oxygens (including phenoxy) is 1. The number of thiocarbonyl (C=S) groups is 1. The third-order valence-corrected chi connectivity index (χ3v) is 7.53. The third kappa shape index (κ3) is 5.09. The van der Waals surface area contributed by atoms with Crippen LogP contribution in [-0.4, -0.2) is 58.5 Å². The van der Waals surface area contributed by atoms with Gasteiger partial charge in [-0.15, -0.1) is 0 Å². The highest BCUT2D eigenvalue weighted by molar-refractivity contribution is 7.80. The summed E-state index contributed by atoms with van der Waals surface area (Å²) in [4.78, 5) is 14.4. The molecule has 1 unspecified atom stereocenters. The number of aryl methyl sites for hydroxylation is 1. The predicted molar refractivity (Wildman–Crippen MR) is 141 cm³/mol. The third-order valence-electron chi connectivity index (χ3n) is 7.28. The van der Waals surface area contributed by atoms with E-state index in [0.717, 1.165) is 43.0 Å². The Kier molecular flexibility index (Phi) is 6.83. The molecular formula is C27H31N5O2S. The number of nitrogens with zero attached hydrogens (tertiary/aromatic N) is 3. The molecule has 2 bridgehead atoms. The zero-order valence-corrected chi connectivity index (χ0v) is 20.9. The van der Waals surface area contributed by atoms with E-state index in [4.69, 9.17) is 22.1 Å². The standard InChI is InChI=1S/C27H31N5O2S/c1-31-25(15-24(30-31)18-7-4-3-5-8-18)23-17-32-12-11-19(23)14-22(32)16-28-27(35)29-21-10-6-9-20(13-21)26(33)34-2/h3-10,13,15,19,22-23H,11-12,14,16-17H2,1-2H3,(H2,28,29,35)/t19-,22+,23+/m0/s1. The van der Waals surface area contributed by atoms with Gasteiger partial charge in [0.2, 0.25) is 0 Å². The minimum absolute atomic E-state index is 0.363. The van der Waals surface area contributed by atoms with Gasteiger partial charge < -0.3 is 15.4 Å². The lowest BCUT2D eigenvalue weighted by Crippen LogP contribution is -2.56. The molecule has 7 nitrogen and oxygen atoms in total. The van der Waals surface area contributed by atoms with Crippen LogP contribution < -0.4 is 10.6 Å². The lowest BCUT2D eigenvalue weighted by Gasteiger charge is -2.50. The molecule has 0 spiro atoms. The molecule has 0 aliphatic carbocycles. The molecule has 0 radical (unpaired) electrons. The zero-order chi connectivity index (χ0) is 24.4. The van der Waals surface area contributed by atoms with Gasteiger partial charge in [-0.3, -0.25) is 9.58 Å². The Morgan fingerprint density at radius 2 is 2.00 bits per heavy atom. The Morgan fingerprint density at radius 1 is 1.17 bits per heavy atom. The van der Waals surface area contributed by atoms with Crippen molar-refractivity contribution in [2.45, 2.75) is 24.8 Å². The lowest BCUT2D eigenvalue weighted by molar-refractivity contribution is 0.0303. The number of fused-ring (bicyclic) bond motifs is 3. The van der Waals surface area contributed by atoms with Crippen molar-refractivity contribution in [2.24, 2.45) is 13.0 Å². The second-order valence-corrected chi connectivity index (χ2v) is 9.80. The molecule has 8 heteroatoms. The van der Waals surface area contributed by atoms with E-state index in [9.17, 15) is 4.79 Å². The Bertz CT molecular complexity index is 1210. The minimum Gasteiger partial charge on any atom is -0.465 e. The summed E-state index contributed by atoms with van der Waals surface area (Å²) in [6.07, 6.45) is 2.36. The Balaban J connectivity index is 1.18. The number of anilines is 1. The van der Waals surface area contributed by atoms with Gasteiger partial charge in [0.05, 0.1) is 18.4 Å². The monoisotopic (exact) mass is 489 g/mol. The van der Waals surface area contributed by atoms with E-state index in [1.165, 1.54) is 19.2 Å². The Labute approximate surface area is 211 Å². The number of carbonyl (C=O) groups is 1. The summed E-state index contributed by atoms with van der Waals surface area (Å²) >= 11 is 5.53. The van der Waals surface area contributed by atoms with E-state index < -0.39 is 0 Å². The van der Waals surface area contributed by atoms with Gasteiger partial charge in [0.15, 0.2) is 5.11 Å². The Hall–Kier alpha value is -3.23. The van der Waals surface area contributed by atoms with E-state index in [1.807, 2.05) is 18.2 Å². The quantitative estimate of drug-likeness (QED) is 0.400. The zero-order valence-electron chi connectivity index (χ0n) is 20.1. The second kappa shape index (κ2) is 10.2. The molecule has 3 aliphatic rings. The molecule has 3 aromatic rings. The van der Waals surface area contributed by atoms with Crippen LogP contribution in [0.3, 0.4) is 0 Å². The summed E-state index contributed by atoms with van der Waals surface area (Å²) in [5.41, 5.74) is 4.79. The molecule has 0 amide bonds. The Morgan fingerprint density at radius 3 is 2.74 bits per heavy atom. The maximum absolute atomic E-state index is 11.8. The number of esters is 1. The van der Waals surface area contributed by atoms with Crippen molar-refractivity contribution >= 4 is 29.0 Å². The maximum atomic E-state index is 11.8. The summed E-state index contributed by atoms with van der Waals surface area (Å²) in [5, 5.41) is 11.9. The van der Waals surface area contributed by atoms with Crippen molar-refractivity contribution in [2.75, 3.05) is 32.1 Å². The van der Waals surface area contributed by atoms with Crippen LogP contribution in [0.1, 0.15) is 34.8 Å². The van der Waals surface area contributed by atoms with Gasteiger partial charge in [-0.2, -0.15) is 5.10 Å². The van der Waals surface area contributed by atoms with E-state index >= 15 is 0 Å². The number of benzene rings is 2. The number of carbonyl (C=O) groups excluding carboxylic acids is 1. The molecule has 182 valence electrons. The predicted octanol–water partition coefficient (Wildman–Crippen LogP) is 4.04. The smallest absolute Gasteiger partial charge is 0.337 e. The van der Waals surface area contributed by atoms with E-state index in [1.54, 1.807) is 12.1 Å². The molecule has 1 aromatic heterocycles. The number of hydrogen-bond donors (Lipinski definition) is 2. The second-order valence-electron chi connectivity index (χ2n) is 9.39. The fourth-order valence-electron chi connectivity index (χ4n) is 5.49. The van der Waals surface area contributed by atoms with Crippen LogP contribution in [0.4, 0.5) is 5.69 Å². The molecule has 3 fully saturated rings. The van der Waals surface area contributed by atoms with Crippen molar-refractivity contribution in [3.05, 3.63) is 71.9 Å². The van der Waals surface area contributed by atoms with Gasteiger partial charge in [-0.1, -0.05) is 36.4 Å². The number of piperidine rings is 3. The van der Waals surface area contributed by atoms with E-state index in [-0.39, 0.29) is 5.97 Å². The van der Waals surface area contributed by atoms with Crippen molar-refractivity contribution in [3.8, 4) is 11.3 Å². The van der Waals surface area contributed by atoms with Crippen LogP contribution >= 0.6 is 12.2 Å². The first kappa shape index (κ1) is 23.5. The molecule has 0 saturated carbocycles. The summed E-state index contributed by atoms with van der Waals surface area (Å²) in [6.45, 7) is 2.97. The van der Waals surface area contributed by atoms with Gasteiger partial charge in [0.25, 0.3) is 0 Å². The van der Waals surface area contributed by atoms with Gasteiger partial charge in [-0.25, -0.2) is 4.79 Å². The summed E-state index contributed by atoms with van der Waals surface area (Å²) < 4.78 is 6.87. The van der Waals surface area contributed by atoms with E-state index in [2.05, 4.69) is 57.6 Å². The average molecular weight is 490 g/mol. The van der Waals surface area contributed by atoms with E-state index in [0.29, 0.717) is 28.6 Å². The van der Waals surface area contributed by atoms with Crippen LogP contribution in [-0.2, 0) is 11.8 Å². The molecule has 4 atom stereocenters. The highest BCUT2D eigenvalue weighted by Gasteiger charge is 2.41. The molecule has 2 N–H and O–H groups in total. The van der Waals surface area contributed by atoms with Gasteiger partial charge >= 0.3 is 5.97 Å². The highest BCUT2D eigenvalue weighted by Crippen LogP contribution is 2.42. The van der Waals surface area contributed by atoms with Crippen LogP contribution in [0.2, 0.25) is 0 Å². The maximum Gasteiger partial charge on any atom is 0.337 e. The first-order valence-electron chi connectivity index (χ1n) is 12.1. The minimum atomic E-state index is -0.363. The van der Waals surface area contributed by atoms with Crippen molar-refractivity contribution in [3.63, 3.8) is 0 Å². The summed E-state index contributed by atoms with van der Waals surface area (Å²) in [7, 11) is 3.45. The number of methoxy groups -OCH3 is 1. The van der Waals surface area contributed by atoms with Gasteiger partial charge in [-0.05, 0) is 61.8 Å². The molecule has 6 rings (SSSR count). The molecular weight excluding hydrogens is 458 g/mol. The lowest BCUT2D eigenvalue weighted by atomic mass is 9.74. The molecule has 2 aromatic carbocycles. The highest BCUT2D eigenvalue weighted by atomic mass is 32.1. The normalized spacial score (nSPS) is 23.0. The van der Waals surface area contributed by atoms with Gasteiger partial charge in [0.1, 0.15) is 0 Å². The van der Waals surface area contributed by atoms with Crippen LogP contribution in [0.25, 0.3) is 11.3 Å². The van der Waals surface area contributed by atoms with Crippen LogP contribution in [0.15, 0.2) is 60.7 Å².